The van der Waals surface area contributed by atoms with E-state index in [0.717, 1.165) is 6.20 Å². The molecule has 0 N–H and O–H groups in total. The van der Waals surface area contributed by atoms with Crippen molar-refractivity contribution in [2.75, 3.05) is 7.11 Å². The third-order valence-electron chi connectivity index (χ3n) is 2.99. The maximum Gasteiger partial charge on any atom is 0.172 e. The lowest BCUT2D eigenvalue weighted by atomic mass is 10.1. The molecule has 3 rings (SSSR count). The first-order valence-electron chi connectivity index (χ1n) is 5.93. The number of methoxy groups -OCH3 is 1. The van der Waals surface area contributed by atoms with Crippen LogP contribution in [-0.4, -0.2) is 17.1 Å². The van der Waals surface area contributed by atoms with Gasteiger partial charge in [-0.15, -0.1) is 0 Å². The van der Waals surface area contributed by atoms with E-state index in [-0.39, 0.29) is 5.75 Å². The van der Waals surface area contributed by atoms with Gasteiger partial charge < -0.3 is 4.74 Å². The van der Waals surface area contributed by atoms with E-state index in [4.69, 9.17) is 4.74 Å². The van der Waals surface area contributed by atoms with Crippen LogP contribution in [0.5, 0.6) is 5.75 Å². The molecule has 1 aromatic carbocycles. The summed E-state index contributed by atoms with van der Waals surface area (Å²) in [5.41, 5.74) is 1.86. The summed E-state index contributed by atoms with van der Waals surface area (Å²) < 4.78 is 32.2. The van der Waals surface area contributed by atoms with Crippen LogP contribution in [-0.2, 0) is 0 Å². The van der Waals surface area contributed by atoms with Crippen LogP contribution >= 0.6 is 0 Å². The smallest absolute Gasteiger partial charge is 0.172 e. The van der Waals surface area contributed by atoms with Gasteiger partial charge in [-0.25, -0.2) is 8.78 Å². The highest BCUT2D eigenvalue weighted by atomic mass is 19.1. The first kappa shape index (κ1) is 12.5. The Kier molecular flexibility index (Phi) is 3.02. The van der Waals surface area contributed by atoms with Crippen molar-refractivity contribution in [3.63, 3.8) is 0 Å². The minimum absolute atomic E-state index is 0.162. The topological polar surface area (TPSA) is 35.0 Å². The van der Waals surface area contributed by atoms with E-state index in [1.54, 1.807) is 24.3 Å². The summed E-state index contributed by atoms with van der Waals surface area (Å²) in [6.07, 6.45) is 2.59. The second kappa shape index (κ2) is 4.85. The number of ether oxygens (including phenoxy) is 1. The lowest BCUT2D eigenvalue weighted by Gasteiger charge is -2.07. The van der Waals surface area contributed by atoms with E-state index in [1.807, 2.05) is 0 Å². The van der Waals surface area contributed by atoms with Crippen molar-refractivity contribution in [2.45, 2.75) is 0 Å². The lowest BCUT2D eigenvalue weighted by Crippen LogP contribution is -1.93. The zero-order valence-electron chi connectivity index (χ0n) is 10.6. The predicted molar refractivity (Wildman–Crippen MR) is 71.4 cm³/mol. The van der Waals surface area contributed by atoms with E-state index in [0.29, 0.717) is 22.2 Å². The lowest BCUT2D eigenvalue weighted by molar-refractivity contribution is 0.387. The Bertz CT molecular complexity index is 790. The summed E-state index contributed by atoms with van der Waals surface area (Å²) in [6.45, 7) is 0. The Balaban J connectivity index is 2.17. The molecule has 0 saturated heterocycles. The highest BCUT2D eigenvalue weighted by molar-refractivity contribution is 5.80. The highest BCUT2D eigenvalue weighted by Crippen LogP contribution is 2.29. The van der Waals surface area contributed by atoms with E-state index >= 15 is 0 Å². The van der Waals surface area contributed by atoms with Crippen molar-refractivity contribution in [1.82, 2.24) is 9.97 Å². The fourth-order valence-corrected chi connectivity index (χ4v) is 2.02. The number of rotatable bonds is 2. The molecule has 0 bridgehead atoms. The van der Waals surface area contributed by atoms with Gasteiger partial charge in [0, 0.05) is 23.4 Å². The Morgan fingerprint density at radius 3 is 2.55 bits per heavy atom. The molecule has 0 amide bonds. The van der Waals surface area contributed by atoms with Gasteiger partial charge in [-0.05, 0) is 12.1 Å². The van der Waals surface area contributed by atoms with E-state index in [2.05, 4.69) is 9.97 Å². The SMILES string of the molecule is COc1cccc(-c2cnc3cc(F)cnc3c2)c1F. The summed E-state index contributed by atoms with van der Waals surface area (Å²) in [6, 6.07) is 7.82. The monoisotopic (exact) mass is 272 g/mol. The summed E-state index contributed by atoms with van der Waals surface area (Å²) in [4.78, 5) is 8.05. The molecule has 3 nitrogen and oxygen atoms in total. The standard InChI is InChI=1S/C15H10F2N2O/c1-20-14-4-2-3-11(15(14)17)9-5-12-13(18-7-9)6-10(16)8-19-12/h2-8H,1H3. The molecule has 0 radical (unpaired) electrons. The zero-order chi connectivity index (χ0) is 14.1. The van der Waals surface area contributed by atoms with Crippen LogP contribution in [0.3, 0.4) is 0 Å². The fourth-order valence-electron chi connectivity index (χ4n) is 2.02. The molecule has 0 spiro atoms. The minimum Gasteiger partial charge on any atom is -0.494 e. The minimum atomic E-state index is -0.460. The van der Waals surface area contributed by atoms with Crippen LogP contribution in [0.4, 0.5) is 8.78 Å². The molecule has 2 heterocycles. The molecule has 0 aliphatic heterocycles. The van der Waals surface area contributed by atoms with Crippen LogP contribution in [0.15, 0.2) is 42.7 Å². The van der Waals surface area contributed by atoms with E-state index < -0.39 is 11.6 Å². The van der Waals surface area contributed by atoms with Crippen LogP contribution in [0, 0.1) is 11.6 Å². The number of aromatic nitrogens is 2. The summed E-state index contributed by atoms with van der Waals surface area (Å²) in [5.74, 6) is -0.752. The Hall–Kier alpha value is -2.56. The average Bonchev–Trinajstić information content (AvgIpc) is 2.47. The van der Waals surface area contributed by atoms with Crippen molar-refractivity contribution in [3.8, 4) is 16.9 Å². The molecule has 100 valence electrons. The third kappa shape index (κ3) is 2.07. The molecular formula is C15H10F2N2O. The van der Waals surface area contributed by atoms with Gasteiger partial charge in [-0.2, -0.15) is 0 Å². The Morgan fingerprint density at radius 2 is 1.75 bits per heavy atom. The second-order valence-electron chi connectivity index (χ2n) is 4.24. The van der Waals surface area contributed by atoms with Crippen molar-refractivity contribution in [3.05, 3.63) is 54.4 Å². The highest BCUT2D eigenvalue weighted by Gasteiger charge is 2.11. The molecule has 0 atom stereocenters. The van der Waals surface area contributed by atoms with Gasteiger partial charge >= 0.3 is 0 Å². The van der Waals surface area contributed by atoms with Crippen molar-refractivity contribution < 1.29 is 13.5 Å². The maximum absolute atomic E-state index is 14.2. The van der Waals surface area contributed by atoms with Crippen molar-refractivity contribution in [2.24, 2.45) is 0 Å². The number of nitrogens with zero attached hydrogens (tertiary/aromatic N) is 2. The molecule has 0 unspecified atom stereocenters. The molecule has 0 fully saturated rings. The van der Waals surface area contributed by atoms with Gasteiger partial charge in [0.2, 0.25) is 0 Å². The molecule has 3 aromatic rings. The third-order valence-corrected chi connectivity index (χ3v) is 2.99. The largest absolute Gasteiger partial charge is 0.494 e. The number of benzene rings is 1. The molecule has 0 aliphatic rings. The van der Waals surface area contributed by atoms with Gasteiger partial charge in [0.1, 0.15) is 5.82 Å². The number of hydrogen-bond donors (Lipinski definition) is 0. The second-order valence-corrected chi connectivity index (χ2v) is 4.24. The van der Waals surface area contributed by atoms with Crippen molar-refractivity contribution >= 4 is 11.0 Å². The Morgan fingerprint density at radius 1 is 1.00 bits per heavy atom. The first-order chi connectivity index (χ1) is 9.69. The molecular weight excluding hydrogens is 262 g/mol. The van der Waals surface area contributed by atoms with E-state index in [9.17, 15) is 8.78 Å². The van der Waals surface area contributed by atoms with Gasteiger partial charge in [0.05, 0.1) is 24.3 Å². The van der Waals surface area contributed by atoms with Gasteiger partial charge in [0.15, 0.2) is 11.6 Å². The zero-order valence-corrected chi connectivity index (χ0v) is 10.6. The maximum atomic E-state index is 14.2. The van der Waals surface area contributed by atoms with Gasteiger partial charge in [-0.1, -0.05) is 12.1 Å². The number of hydrogen-bond acceptors (Lipinski definition) is 3. The van der Waals surface area contributed by atoms with Crippen LogP contribution in [0.25, 0.3) is 22.2 Å². The number of halogens is 2. The van der Waals surface area contributed by atoms with Crippen LogP contribution in [0.1, 0.15) is 0 Å². The fraction of sp³-hybridized carbons (Fsp3) is 0.0667. The summed E-state index contributed by atoms with van der Waals surface area (Å²) >= 11 is 0. The normalized spacial score (nSPS) is 10.8. The molecule has 0 saturated carbocycles. The number of pyridine rings is 2. The Labute approximate surface area is 113 Å². The summed E-state index contributed by atoms with van der Waals surface area (Å²) in [7, 11) is 1.41. The van der Waals surface area contributed by atoms with Crippen LogP contribution < -0.4 is 4.74 Å². The van der Waals surface area contributed by atoms with Crippen molar-refractivity contribution in [1.29, 1.82) is 0 Å². The first-order valence-corrected chi connectivity index (χ1v) is 5.93. The molecule has 20 heavy (non-hydrogen) atoms. The molecule has 5 heteroatoms. The van der Waals surface area contributed by atoms with Gasteiger partial charge in [-0.3, -0.25) is 9.97 Å². The quantitative estimate of drug-likeness (QED) is 0.715. The van der Waals surface area contributed by atoms with Crippen LogP contribution in [0.2, 0.25) is 0 Å². The van der Waals surface area contributed by atoms with E-state index in [1.165, 1.54) is 19.4 Å². The number of fused-ring (bicyclic) bond motifs is 1. The summed E-state index contributed by atoms with van der Waals surface area (Å²) in [5, 5.41) is 0. The molecule has 2 aromatic heterocycles. The van der Waals surface area contributed by atoms with Gasteiger partial charge in [0.25, 0.3) is 0 Å². The molecule has 0 aliphatic carbocycles. The predicted octanol–water partition coefficient (Wildman–Crippen LogP) is 3.58. The average molecular weight is 272 g/mol.